The van der Waals surface area contributed by atoms with Crippen molar-refractivity contribution in [3.63, 3.8) is 0 Å². The van der Waals surface area contributed by atoms with E-state index in [1.807, 2.05) is 6.92 Å². The molecule has 0 bridgehead atoms. The fraction of sp³-hybridized carbons (Fsp3) is 0.476. The molecule has 23 heavy (non-hydrogen) atoms. The highest BCUT2D eigenvalue weighted by Crippen LogP contribution is 2.08. The van der Waals surface area contributed by atoms with Gasteiger partial charge in [0.05, 0.1) is 0 Å². The predicted octanol–water partition coefficient (Wildman–Crippen LogP) is 6.24. The number of carboxylic acid groups (broad SMARTS) is 1. The molecule has 0 spiro atoms. The summed E-state index contributed by atoms with van der Waals surface area (Å²) < 4.78 is 0. The van der Waals surface area contributed by atoms with Gasteiger partial charge in [0.25, 0.3) is 0 Å². The van der Waals surface area contributed by atoms with Gasteiger partial charge in [0.2, 0.25) is 0 Å². The summed E-state index contributed by atoms with van der Waals surface area (Å²) in [4.78, 5) is 10.5. The van der Waals surface area contributed by atoms with Gasteiger partial charge in [-0.3, -0.25) is 4.79 Å². The van der Waals surface area contributed by atoms with E-state index in [0.717, 1.165) is 38.5 Å². The molecule has 0 fully saturated rings. The number of hydrogen-bond donors (Lipinski definition) is 1. The molecule has 0 aliphatic carbocycles. The molecule has 1 atom stereocenters. The van der Waals surface area contributed by atoms with E-state index >= 15 is 0 Å². The Labute approximate surface area is 142 Å². The van der Waals surface area contributed by atoms with Crippen molar-refractivity contribution in [2.45, 2.75) is 58.8 Å². The van der Waals surface area contributed by atoms with Gasteiger partial charge in [0.15, 0.2) is 0 Å². The third-order valence-corrected chi connectivity index (χ3v) is 3.22. The smallest absolute Gasteiger partial charge is 0.303 e. The molecule has 0 aliphatic heterocycles. The lowest BCUT2D eigenvalue weighted by Crippen LogP contribution is -2.02. The van der Waals surface area contributed by atoms with E-state index in [9.17, 15) is 4.79 Å². The minimum Gasteiger partial charge on any atom is -0.481 e. The molecule has 0 aromatic carbocycles. The van der Waals surface area contributed by atoms with Crippen molar-refractivity contribution in [1.29, 1.82) is 0 Å². The van der Waals surface area contributed by atoms with Crippen LogP contribution in [0.15, 0.2) is 60.8 Å². The van der Waals surface area contributed by atoms with Gasteiger partial charge in [-0.15, -0.1) is 0 Å². The van der Waals surface area contributed by atoms with E-state index in [2.05, 4.69) is 67.7 Å². The Morgan fingerprint density at radius 3 is 1.57 bits per heavy atom. The second kappa shape index (κ2) is 16.5. The third kappa shape index (κ3) is 18.1. The molecule has 0 amide bonds. The van der Waals surface area contributed by atoms with E-state index in [4.69, 9.17) is 5.11 Å². The van der Waals surface area contributed by atoms with Crippen molar-refractivity contribution < 1.29 is 9.90 Å². The van der Waals surface area contributed by atoms with Crippen LogP contribution in [0.2, 0.25) is 0 Å². The molecule has 0 rings (SSSR count). The summed E-state index contributed by atoms with van der Waals surface area (Å²) in [5, 5.41) is 8.66. The predicted molar refractivity (Wildman–Crippen MR) is 100 cm³/mol. The summed E-state index contributed by atoms with van der Waals surface area (Å²) in [6.07, 6.45) is 27.7. The Morgan fingerprint density at radius 2 is 1.17 bits per heavy atom. The topological polar surface area (TPSA) is 37.3 Å². The number of aliphatic carboxylic acids is 1. The van der Waals surface area contributed by atoms with Crippen LogP contribution in [0.5, 0.6) is 0 Å². The Morgan fingerprint density at radius 1 is 0.783 bits per heavy atom. The Balaban J connectivity index is 3.58. The molecule has 0 heterocycles. The van der Waals surface area contributed by atoms with Gasteiger partial charge < -0.3 is 5.11 Å². The molecule has 0 aromatic rings. The lowest BCUT2D eigenvalue weighted by Gasteiger charge is -2.02. The van der Waals surface area contributed by atoms with Crippen LogP contribution in [0.1, 0.15) is 58.8 Å². The fourth-order valence-electron chi connectivity index (χ4n) is 1.96. The minimum absolute atomic E-state index is 0.209. The molecule has 0 aliphatic rings. The molecule has 2 nitrogen and oxygen atoms in total. The van der Waals surface area contributed by atoms with Crippen molar-refractivity contribution in [3.8, 4) is 0 Å². The number of allylic oxidation sites excluding steroid dienone is 10. The molecular formula is C21H32O2. The van der Waals surface area contributed by atoms with Crippen molar-refractivity contribution >= 4 is 5.97 Å². The van der Waals surface area contributed by atoms with Gasteiger partial charge in [-0.25, -0.2) is 0 Å². The van der Waals surface area contributed by atoms with Gasteiger partial charge in [-0.1, -0.05) is 74.6 Å². The van der Waals surface area contributed by atoms with Crippen molar-refractivity contribution in [2.24, 2.45) is 5.92 Å². The van der Waals surface area contributed by atoms with Gasteiger partial charge in [-0.05, 0) is 44.4 Å². The number of rotatable bonds is 13. The minimum atomic E-state index is -0.718. The summed E-state index contributed by atoms with van der Waals surface area (Å²) >= 11 is 0. The lowest BCUT2D eigenvalue weighted by molar-refractivity contribution is -0.137. The van der Waals surface area contributed by atoms with Gasteiger partial charge in [-0.2, -0.15) is 0 Å². The molecule has 2 heteroatoms. The summed E-state index contributed by atoms with van der Waals surface area (Å²) in [6, 6.07) is 0. The maximum absolute atomic E-state index is 10.5. The van der Waals surface area contributed by atoms with Crippen LogP contribution >= 0.6 is 0 Å². The highest BCUT2D eigenvalue weighted by molar-refractivity contribution is 5.66. The monoisotopic (exact) mass is 316 g/mol. The number of hydrogen-bond acceptors (Lipinski definition) is 1. The quantitative estimate of drug-likeness (QED) is 0.408. The maximum Gasteiger partial charge on any atom is 0.303 e. The summed E-state index contributed by atoms with van der Waals surface area (Å²) in [6.45, 7) is 4.11. The van der Waals surface area contributed by atoms with E-state index in [0.29, 0.717) is 0 Å². The van der Waals surface area contributed by atoms with Crippen molar-refractivity contribution in [1.82, 2.24) is 0 Å². The van der Waals surface area contributed by atoms with Crippen LogP contribution in [-0.4, -0.2) is 11.1 Å². The summed E-state index contributed by atoms with van der Waals surface area (Å²) in [5.74, 6) is -0.508. The summed E-state index contributed by atoms with van der Waals surface area (Å²) in [5.41, 5.74) is 0. The van der Waals surface area contributed by atoms with Crippen LogP contribution < -0.4 is 0 Å². The first kappa shape index (κ1) is 21.2. The first-order valence-electron chi connectivity index (χ1n) is 8.63. The molecule has 0 aromatic heterocycles. The average Bonchev–Trinajstić information content (AvgIpc) is 2.50. The molecule has 1 unspecified atom stereocenters. The lowest BCUT2D eigenvalue weighted by atomic mass is 10.0. The van der Waals surface area contributed by atoms with E-state index in [1.54, 1.807) is 0 Å². The van der Waals surface area contributed by atoms with E-state index in [1.165, 1.54) is 0 Å². The SMILES string of the molecule is CCC=CCC=CCC=CCC=CCC=CCC(C)CC(=O)O. The van der Waals surface area contributed by atoms with E-state index in [-0.39, 0.29) is 12.3 Å². The molecule has 0 radical (unpaired) electrons. The second-order valence-electron chi connectivity index (χ2n) is 5.65. The normalized spacial score (nSPS) is 14.2. The zero-order valence-corrected chi connectivity index (χ0v) is 14.7. The molecule has 0 saturated heterocycles. The average molecular weight is 316 g/mol. The van der Waals surface area contributed by atoms with Crippen LogP contribution in [0.3, 0.4) is 0 Å². The largest absolute Gasteiger partial charge is 0.481 e. The standard InChI is InChI=1S/C21H32O2/c1-3-4-5-6-7-8-9-10-11-12-13-14-15-16-17-18-20(2)19-21(22)23/h4-5,7-8,10-11,13-14,16-17,20H,3,6,9,12,15,18-19H2,1-2H3,(H,22,23). The molecule has 128 valence electrons. The van der Waals surface area contributed by atoms with Gasteiger partial charge >= 0.3 is 5.97 Å². The van der Waals surface area contributed by atoms with Crippen LogP contribution in [0.4, 0.5) is 0 Å². The second-order valence-corrected chi connectivity index (χ2v) is 5.65. The summed E-state index contributed by atoms with van der Waals surface area (Å²) in [7, 11) is 0. The Bertz CT molecular complexity index is 425. The molecular weight excluding hydrogens is 284 g/mol. The zero-order chi connectivity index (χ0) is 17.2. The fourth-order valence-corrected chi connectivity index (χ4v) is 1.96. The zero-order valence-electron chi connectivity index (χ0n) is 14.7. The Kier molecular flexibility index (Phi) is 15.2. The van der Waals surface area contributed by atoms with Crippen molar-refractivity contribution in [2.75, 3.05) is 0 Å². The van der Waals surface area contributed by atoms with Gasteiger partial charge in [0, 0.05) is 6.42 Å². The third-order valence-electron chi connectivity index (χ3n) is 3.22. The van der Waals surface area contributed by atoms with Crippen LogP contribution in [-0.2, 0) is 4.79 Å². The first-order valence-corrected chi connectivity index (χ1v) is 8.63. The first-order chi connectivity index (χ1) is 11.2. The highest BCUT2D eigenvalue weighted by atomic mass is 16.4. The maximum atomic E-state index is 10.5. The Hall–Kier alpha value is -1.83. The number of carboxylic acids is 1. The molecule has 1 N–H and O–H groups in total. The van der Waals surface area contributed by atoms with E-state index < -0.39 is 5.97 Å². The van der Waals surface area contributed by atoms with Crippen LogP contribution in [0.25, 0.3) is 0 Å². The van der Waals surface area contributed by atoms with Crippen LogP contribution in [0, 0.1) is 5.92 Å². The molecule has 0 saturated carbocycles. The highest BCUT2D eigenvalue weighted by Gasteiger charge is 2.04. The van der Waals surface area contributed by atoms with Gasteiger partial charge in [0.1, 0.15) is 0 Å². The number of carbonyl (C=O) groups is 1. The van der Waals surface area contributed by atoms with Crippen molar-refractivity contribution in [3.05, 3.63) is 60.8 Å².